The van der Waals surface area contributed by atoms with E-state index in [4.69, 9.17) is 4.74 Å². The lowest BCUT2D eigenvalue weighted by Gasteiger charge is -2.33. The SMILES string of the molecule is CNC(=O)c1ccc(NC(=O)C[NH+]2CCN(c3cccc(OC)c3)CC2)cc1. The average molecular weight is 383 g/mol. The first-order valence-corrected chi connectivity index (χ1v) is 9.43. The average Bonchev–Trinajstić information content (AvgIpc) is 2.74. The minimum atomic E-state index is -0.142. The lowest BCUT2D eigenvalue weighted by molar-refractivity contribution is -0.892. The Balaban J connectivity index is 1.47. The third-order valence-corrected chi connectivity index (χ3v) is 4.96. The molecule has 7 heteroatoms. The van der Waals surface area contributed by atoms with Crippen LogP contribution in [-0.4, -0.2) is 58.7 Å². The van der Waals surface area contributed by atoms with Gasteiger partial charge in [0.2, 0.25) is 0 Å². The van der Waals surface area contributed by atoms with Gasteiger partial charge in [-0.1, -0.05) is 6.07 Å². The molecule has 0 aliphatic carbocycles. The minimum Gasteiger partial charge on any atom is -0.497 e. The minimum absolute atomic E-state index is 0.0162. The highest BCUT2D eigenvalue weighted by atomic mass is 16.5. The van der Waals surface area contributed by atoms with Gasteiger partial charge in [-0.25, -0.2) is 0 Å². The Kier molecular flexibility index (Phi) is 6.49. The Bertz CT molecular complexity index is 815. The highest BCUT2D eigenvalue weighted by molar-refractivity contribution is 5.95. The number of hydrogen-bond donors (Lipinski definition) is 3. The zero-order valence-electron chi connectivity index (χ0n) is 16.3. The van der Waals surface area contributed by atoms with E-state index in [-0.39, 0.29) is 11.8 Å². The first-order chi connectivity index (χ1) is 13.6. The van der Waals surface area contributed by atoms with Crippen LogP contribution in [0, 0.1) is 0 Å². The van der Waals surface area contributed by atoms with Gasteiger partial charge in [-0.15, -0.1) is 0 Å². The molecule has 1 aliphatic heterocycles. The van der Waals surface area contributed by atoms with Crippen LogP contribution in [0.3, 0.4) is 0 Å². The molecule has 148 valence electrons. The number of quaternary nitrogens is 1. The van der Waals surface area contributed by atoms with Crippen LogP contribution in [0.4, 0.5) is 11.4 Å². The first-order valence-electron chi connectivity index (χ1n) is 9.43. The fourth-order valence-electron chi connectivity index (χ4n) is 3.35. The van der Waals surface area contributed by atoms with E-state index in [1.807, 2.05) is 18.2 Å². The smallest absolute Gasteiger partial charge is 0.279 e. The third kappa shape index (κ3) is 5.01. The van der Waals surface area contributed by atoms with E-state index in [0.29, 0.717) is 17.8 Å². The van der Waals surface area contributed by atoms with Gasteiger partial charge in [-0.2, -0.15) is 0 Å². The fourth-order valence-corrected chi connectivity index (χ4v) is 3.35. The van der Waals surface area contributed by atoms with Gasteiger partial charge in [0, 0.05) is 30.1 Å². The second-order valence-corrected chi connectivity index (χ2v) is 6.82. The number of rotatable bonds is 6. The van der Waals surface area contributed by atoms with Crippen LogP contribution in [-0.2, 0) is 4.79 Å². The molecule has 1 fully saturated rings. The van der Waals surface area contributed by atoms with E-state index in [1.54, 1.807) is 38.4 Å². The second kappa shape index (κ2) is 9.23. The molecule has 0 saturated carbocycles. The fraction of sp³-hybridized carbons (Fsp3) is 0.333. The first kappa shape index (κ1) is 19.7. The van der Waals surface area contributed by atoms with E-state index in [9.17, 15) is 9.59 Å². The summed E-state index contributed by atoms with van der Waals surface area (Å²) in [6.45, 7) is 4.04. The van der Waals surface area contributed by atoms with Crippen molar-refractivity contribution in [1.82, 2.24) is 5.32 Å². The molecule has 2 amide bonds. The molecule has 2 aromatic carbocycles. The Hall–Kier alpha value is -3.06. The third-order valence-electron chi connectivity index (χ3n) is 4.96. The van der Waals surface area contributed by atoms with Crippen LogP contribution < -0.4 is 25.2 Å². The molecule has 28 heavy (non-hydrogen) atoms. The van der Waals surface area contributed by atoms with Gasteiger partial charge in [0.25, 0.3) is 11.8 Å². The Morgan fingerprint density at radius 3 is 2.46 bits per heavy atom. The summed E-state index contributed by atoms with van der Waals surface area (Å²) in [4.78, 5) is 27.5. The second-order valence-electron chi connectivity index (χ2n) is 6.82. The van der Waals surface area contributed by atoms with Crippen molar-refractivity contribution in [3.05, 3.63) is 54.1 Å². The van der Waals surface area contributed by atoms with E-state index >= 15 is 0 Å². The lowest BCUT2D eigenvalue weighted by atomic mass is 10.2. The summed E-state index contributed by atoms with van der Waals surface area (Å²) in [5.74, 6) is 0.697. The number of nitrogens with one attached hydrogen (secondary N) is 3. The van der Waals surface area contributed by atoms with Gasteiger partial charge in [0.05, 0.1) is 33.3 Å². The quantitative estimate of drug-likeness (QED) is 0.675. The topological polar surface area (TPSA) is 75.1 Å². The normalized spacial score (nSPS) is 14.4. The number of methoxy groups -OCH3 is 1. The van der Waals surface area contributed by atoms with Gasteiger partial charge < -0.3 is 25.2 Å². The van der Waals surface area contributed by atoms with E-state index in [0.717, 1.165) is 37.6 Å². The van der Waals surface area contributed by atoms with Crippen LogP contribution in [0.5, 0.6) is 5.75 Å². The molecule has 0 radical (unpaired) electrons. The van der Waals surface area contributed by atoms with Crippen LogP contribution in [0.25, 0.3) is 0 Å². The van der Waals surface area contributed by atoms with Crippen molar-refractivity contribution in [3.63, 3.8) is 0 Å². The highest BCUT2D eigenvalue weighted by Crippen LogP contribution is 2.20. The molecule has 0 unspecified atom stereocenters. The Morgan fingerprint density at radius 1 is 1.11 bits per heavy atom. The predicted octanol–water partition coefficient (Wildman–Crippen LogP) is 0.398. The summed E-state index contributed by atoms with van der Waals surface area (Å²) in [5.41, 5.74) is 2.42. The van der Waals surface area contributed by atoms with Crippen molar-refractivity contribution < 1.29 is 19.2 Å². The number of benzene rings is 2. The number of carbonyl (C=O) groups excluding carboxylic acids is 2. The van der Waals surface area contributed by atoms with Gasteiger partial charge in [-0.05, 0) is 36.4 Å². The predicted molar refractivity (Wildman–Crippen MR) is 109 cm³/mol. The molecule has 0 bridgehead atoms. The molecule has 0 spiro atoms. The van der Waals surface area contributed by atoms with E-state index < -0.39 is 0 Å². The molecule has 0 aromatic heterocycles. The van der Waals surface area contributed by atoms with Crippen LogP contribution in [0.1, 0.15) is 10.4 Å². The van der Waals surface area contributed by atoms with Crippen LogP contribution in [0.15, 0.2) is 48.5 Å². The van der Waals surface area contributed by atoms with Crippen molar-refractivity contribution >= 4 is 23.2 Å². The molecule has 1 heterocycles. The number of anilines is 2. The summed E-state index contributed by atoms with van der Waals surface area (Å²) in [6.07, 6.45) is 0. The summed E-state index contributed by atoms with van der Waals surface area (Å²) >= 11 is 0. The Morgan fingerprint density at radius 2 is 1.82 bits per heavy atom. The summed E-state index contributed by atoms with van der Waals surface area (Å²) in [6, 6.07) is 15.0. The van der Waals surface area contributed by atoms with Gasteiger partial charge in [0.1, 0.15) is 5.75 Å². The number of piperazine rings is 1. The van der Waals surface area contributed by atoms with E-state index in [1.165, 1.54) is 4.90 Å². The Labute approximate surface area is 165 Å². The van der Waals surface area contributed by atoms with E-state index in [2.05, 4.69) is 21.6 Å². The number of hydrogen-bond acceptors (Lipinski definition) is 4. The highest BCUT2D eigenvalue weighted by Gasteiger charge is 2.22. The molecule has 3 rings (SSSR count). The van der Waals surface area contributed by atoms with Crippen molar-refractivity contribution in [2.75, 3.05) is 57.1 Å². The van der Waals surface area contributed by atoms with Gasteiger partial charge in [-0.3, -0.25) is 9.59 Å². The molecule has 1 saturated heterocycles. The number of amides is 2. The maximum atomic E-state index is 12.3. The monoisotopic (exact) mass is 383 g/mol. The zero-order chi connectivity index (χ0) is 19.9. The maximum absolute atomic E-state index is 12.3. The van der Waals surface area contributed by atoms with Crippen molar-refractivity contribution in [2.24, 2.45) is 0 Å². The van der Waals surface area contributed by atoms with Gasteiger partial charge in [0.15, 0.2) is 6.54 Å². The number of carbonyl (C=O) groups is 2. The molecule has 2 aromatic rings. The molecule has 3 N–H and O–H groups in total. The maximum Gasteiger partial charge on any atom is 0.279 e. The van der Waals surface area contributed by atoms with Crippen LogP contribution in [0.2, 0.25) is 0 Å². The summed E-state index contributed by atoms with van der Waals surface area (Å²) < 4.78 is 5.30. The molecule has 1 aliphatic rings. The van der Waals surface area contributed by atoms with Crippen molar-refractivity contribution in [1.29, 1.82) is 0 Å². The summed E-state index contributed by atoms with van der Waals surface area (Å²) in [7, 11) is 3.26. The molecular weight excluding hydrogens is 356 g/mol. The number of ether oxygens (including phenoxy) is 1. The van der Waals surface area contributed by atoms with Crippen LogP contribution >= 0.6 is 0 Å². The van der Waals surface area contributed by atoms with Gasteiger partial charge >= 0.3 is 0 Å². The van der Waals surface area contributed by atoms with Crippen molar-refractivity contribution in [3.8, 4) is 5.75 Å². The molecule has 0 atom stereocenters. The number of nitrogens with zero attached hydrogens (tertiary/aromatic N) is 1. The zero-order valence-corrected chi connectivity index (χ0v) is 16.3. The molecular formula is C21H27N4O3+. The van der Waals surface area contributed by atoms with Crippen molar-refractivity contribution in [2.45, 2.75) is 0 Å². The molecule has 7 nitrogen and oxygen atoms in total. The standard InChI is InChI=1S/C21H26N4O3/c1-22-21(27)16-6-8-17(9-7-16)23-20(26)15-24-10-12-25(13-11-24)18-4-3-5-19(14-18)28-2/h3-9,14H,10-13,15H2,1-2H3,(H,22,27)(H,23,26)/p+1. The largest absolute Gasteiger partial charge is 0.497 e. The lowest BCUT2D eigenvalue weighted by Crippen LogP contribution is -3.15. The summed E-state index contributed by atoms with van der Waals surface area (Å²) in [5, 5.41) is 5.49.